The minimum absolute atomic E-state index is 0.00546. The van der Waals surface area contributed by atoms with Gasteiger partial charge < -0.3 is 4.74 Å². The molecule has 132 valence electrons. The highest BCUT2D eigenvalue weighted by molar-refractivity contribution is 6.08. The van der Waals surface area contributed by atoms with E-state index in [2.05, 4.69) is 4.99 Å². The Balaban J connectivity index is 2.14. The number of Topliss-reactive ketones (excluding diaryl/α,β-unsaturated/α-hetero) is 1. The summed E-state index contributed by atoms with van der Waals surface area (Å²) in [6.07, 6.45) is 1.62. The maximum absolute atomic E-state index is 13.8. The fourth-order valence-corrected chi connectivity index (χ4v) is 3.68. The van der Waals surface area contributed by atoms with Crippen molar-refractivity contribution in [3.05, 3.63) is 46.9 Å². The van der Waals surface area contributed by atoms with Crippen molar-refractivity contribution in [3.63, 3.8) is 0 Å². The van der Waals surface area contributed by atoms with E-state index in [1.165, 1.54) is 12.1 Å². The molecule has 4 nitrogen and oxygen atoms in total. The van der Waals surface area contributed by atoms with Gasteiger partial charge in [0.25, 0.3) is 0 Å². The summed E-state index contributed by atoms with van der Waals surface area (Å²) in [6, 6.07) is 6.11. The second-order valence-corrected chi connectivity index (χ2v) is 6.89. The zero-order chi connectivity index (χ0) is 18.1. The predicted octanol–water partition coefficient (Wildman–Crippen LogP) is 3.96. The zero-order valence-corrected chi connectivity index (χ0v) is 14.7. The van der Waals surface area contributed by atoms with Crippen LogP contribution < -0.4 is 0 Å². The Morgan fingerprint density at radius 1 is 1.32 bits per heavy atom. The Kier molecular flexibility index (Phi) is 4.84. The Morgan fingerprint density at radius 2 is 2.08 bits per heavy atom. The van der Waals surface area contributed by atoms with Crippen LogP contribution in [0.2, 0.25) is 0 Å². The topological polar surface area (TPSA) is 55.7 Å². The number of carbonyl (C=O) groups is 2. The van der Waals surface area contributed by atoms with Crippen molar-refractivity contribution >= 4 is 17.5 Å². The van der Waals surface area contributed by atoms with Gasteiger partial charge >= 0.3 is 5.97 Å². The number of allylic oxidation sites excluding steroid dienone is 2. The molecule has 0 aromatic heterocycles. The third-order valence-electron chi connectivity index (χ3n) is 4.65. The normalized spacial score (nSPS) is 23.4. The molecule has 0 bridgehead atoms. The molecule has 25 heavy (non-hydrogen) atoms. The molecule has 5 heteroatoms. The maximum atomic E-state index is 13.8. The van der Waals surface area contributed by atoms with Crippen LogP contribution in [0.4, 0.5) is 4.39 Å². The average Bonchev–Trinajstić information content (AvgIpc) is 2.53. The Labute approximate surface area is 146 Å². The van der Waals surface area contributed by atoms with Gasteiger partial charge in [-0.3, -0.25) is 14.6 Å². The number of rotatable bonds is 3. The molecule has 0 spiro atoms. The predicted molar refractivity (Wildman–Crippen MR) is 92.9 cm³/mol. The van der Waals surface area contributed by atoms with Crippen molar-refractivity contribution in [1.82, 2.24) is 0 Å². The standard InChI is InChI=1S/C20H22FNO3/c1-11(2)25-20(24)17-12(3)22-15-8-5-9-16(23)19(15)18(17)13-6-4-7-14(21)10-13/h4,6-7,10-11,17-18H,5,8-9H2,1-3H3/t17?,18-/m0/s1. The van der Waals surface area contributed by atoms with Crippen molar-refractivity contribution in [2.75, 3.05) is 0 Å². The van der Waals surface area contributed by atoms with Gasteiger partial charge in [-0.1, -0.05) is 12.1 Å². The van der Waals surface area contributed by atoms with Gasteiger partial charge in [-0.25, -0.2) is 4.39 Å². The number of nitrogens with zero attached hydrogens (tertiary/aromatic N) is 1. The van der Waals surface area contributed by atoms with Gasteiger partial charge in [0.05, 0.1) is 6.10 Å². The molecule has 0 amide bonds. The number of benzene rings is 1. The van der Waals surface area contributed by atoms with Crippen LogP contribution in [0, 0.1) is 11.7 Å². The van der Waals surface area contributed by atoms with Crippen LogP contribution in [0.15, 0.2) is 40.5 Å². The lowest BCUT2D eigenvalue weighted by molar-refractivity contribution is -0.150. The van der Waals surface area contributed by atoms with Crippen molar-refractivity contribution in [2.24, 2.45) is 10.9 Å². The number of halogens is 1. The summed E-state index contributed by atoms with van der Waals surface area (Å²) in [5.74, 6) is -2.06. The summed E-state index contributed by atoms with van der Waals surface area (Å²) >= 11 is 0. The number of carbonyl (C=O) groups excluding carboxylic acids is 2. The fourth-order valence-electron chi connectivity index (χ4n) is 3.68. The van der Waals surface area contributed by atoms with E-state index in [4.69, 9.17) is 4.74 Å². The Morgan fingerprint density at radius 3 is 2.76 bits per heavy atom. The van der Waals surface area contributed by atoms with Gasteiger partial charge in [-0.15, -0.1) is 0 Å². The van der Waals surface area contributed by atoms with Crippen molar-refractivity contribution in [3.8, 4) is 0 Å². The molecule has 3 rings (SSSR count). The second-order valence-electron chi connectivity index (χ2n) is 6.89. The summed E-state index contributed by atoms with van der Waals surface area (Å²) in [6.45, 7) is 5.34. The minimum Gasteiger partial charge on any atom is -0.462 e. The number of esters is 1. The van der Waals surface area contributed by atoms with Gasteiger partial charge in [0.1, 0.15) is 11.7 Å². The summed E-state index contributed by atoms with van der Waals surface area (Å²) in [5, 5.41) is 0. The zero-order valence-electron chi connectivity index (χ0n) is 14.7. The molecule has 2 aliphatic rings. The van der Waals surface area contributed by atoms with E-state index in [9.17, 15) is 14.0 Å². The van der Waals surface area contributed by atoms with Crippen LogP contribution in [0.1, 0.15) is 51.5 Å². The van der Waals surface area contributed by atoms with E-state index in [-0.39, 0.29) is 17.7 Å². The van der Waals surface area contributed by atoms with Gasteiger partial charge in [0.15, 0.2) is 5.78 Å². The molecule has 0 fully saturated rings. The molecule has 1 aliphatic carbocycles. The lowest BCUT2D eigenvalue weighted by atomic mass is 9.72. The molecule has 1 aromatic rings. The van der Waals surface area contributed by atoms with Gasteiger partial charge in [0.2, 0.25) is 0 Å². The summed E-state index contributed by atoms with van der Waals surface area (Å²) in [7, 11) is 0. The van der Waals surface area contributed by atoms with Crippen LogP contribution >= 0.6 is 0 Å². The molecule has 1 aromatic carbocycles. The van der Waals surface area contributed by atoms with Crippen LogP contribution in [0.3, 0.4) is 0 Å². The quantitative estimate of drug-likeness (QED) is 0.781. The fraction of sp³-hybridized carbons (Fsp3) is 0.450. The van der Waals surface area contributed by atoms with E-state index in [0.29, 0.717) is 29.7 Å². The van der Waals surface area contributed by atoms with Crippen molar-refractivity contribution in [1.29, 1.82) is 0 Å². The Hall–Kier alpha value is -2.30. The number of ketones is 1. The first-order chi connectivity index (χ1) is 11.9. The second kappa shape index (κ2) is 6.90. The lowest BCUT2D eigenvalue weighted by Crippen LogP contribution is -2.38. The summed E-state index contributed by atoms with van der Waals surface area (Å²) < 4.78 is 19.2. The van der Waals surface area contributed by atoms with Crippen LogP contribution in [0.25, 0.3) is 0 Å². The molecular formula is C20H22FNO3. The molecule has 0 radical (unpaired) electrons. The highest BCUT2D eigenvalue weighted by Gasteiger charge is 2.43. The molecular weight excluding hydrogens is 321 g/mol. The summed E-state index contributed by atoms with van der Waals surface area (Å²) in [4.78, 5) is 29.9. The SMILES string of the molecule is CC1=NC2=C(C(=O)CCC2)[C@@H](c2cccc(F)c2)C1C(=O)OC(C)C. The van der Waals surface area contributed by atoms with Crippen LogP contribution in [-0.4, -0.2) is 23.6 Å². The third kappa shape index (κ3) is 3.41. The molecule has 0 N–H and O–H groups in total. The molecule has 0 saturated carbocycles. The first-order valence-electron chi connectivity index (χ1n) is 8.66. The van der Waals surface area contributed by atoms with Crippen LogP contribution in [-0.2, 0) is 14.3 Å². The first-order valence-corrected chi connectivity index (χ1v) is 8.66. The van der Waals surface area contributed by atoms with Crippen molar-refractivity contribution < 1.29 is 18.7 Å². The van der Waals surface area contributed by atoms with E-state index < -0.39 is 17.8 Å². The van der Waals surface area contributed by atoms with E-state index in [1.807, 2.05) is 0 Å². The average molecular weight is 343 g/mol. The monoisotopic (exact) mass is 343 g/mol. The lowest BCUT2D eigenvalue weighted by Gasteiger charge is -2.34. The van der Waals surface area contributed by atoms with E-state index >= 15 is 0 Å². The summed E-state index contributed by atoms with van der Waals surface area (Å²) in [5.41, 5.74) is 2.51. The maximum Gasteiger partial charge on any atom is 0.315 e. The Bertz CT molecular complexity index is 779. The van der Waals surface area contributed by atoms with E-state index in [0.717, 1.165) is 12.1 Å². The number of aliphatic imine (C=N–C) groups is 1. The highest BCUT2D eigenvalue weighted by atomic mass is 19.1. The highest BCUT2D eigenvalue weighted by Crippen LogP contribution is 2.43. The number of hydrogen-bond acceptors (Lipinski definition) is 4. The van der Waals surface area contributed by atoms with Crippen molar-refractivity contribution in [2.45, 2.75) is 52.1 Å². The van der Waals surface area contributed by atoms with Crippen LogP contribution in [0.5, 0.6) is 0 Å². The first kappa shape index (κ1) is 17.5. The number of ether oxygens (including phenoxy) is 1. The third-order valence-corrected chi connectivity index (χ3v) is 4.65. The number of hydrogen-bond donors (Lipinski definition) is 0. The minimum atomic E-state index is -0.704. The molecule has 0 saturated heterocycles. The van der Waals surface area contributed by atoms with Gasteiger partial charge in [-0.05, 0) is 51.3 Å². The largest absolute Gasteiger partial charge is 0.462 e. The van der Waals surface area contributed by atoms with Gasteiger partial charge in [-0.2, -0.15) is 0 Å². The smallest absolute Gasteiger partial charge is 0.315 e. The molecule has 1 aliphatic heterocycles. The van der Waals surface area contributed by atoms with Gasteiger partial charge in [0, 0.05) is 29.3 Å². The molecule has 1 heterocycles. The molecule has 2 atom stereocenters. The molecule has 1 unspecified atom stereocenters. The van der Waals surface area contributed by atoms with E-state index in [1.54, 1.807) is 32.9 Å².